The van der Waals surface area contributed by atoms with Crippen molar-refractivity contribution in [2.75, 3.05) is 27.0 Å². The van der Waals surface area contributed by atoms with Crippen molar-refractivity contribution in [1.82, 2.24) is 19.9 Å². The van der Waals surface area contributed by atoms with Crippen LogP contribution in [-0.2, 0) is 19.7 Å². The van der Waals surface area contributed by atoms with Gasteiger partial charge in [-0.15, -0.1) is 0 Å². The van der Waals surface area contributed by atoms with Gasteiger partial charge in [0.15, 0.2) is 31.3 Å². The molecule has 58 heavy (non-hydrogen) atoms. The SMILES string of the molecule is CC(C)S(=O)(=O)c1ccccc1Nc1nc(Nc2cccc(N)c2)ncc1Cl.CC(C)S(=O)(=O)c1ccccc1Nc1nc(Nc2cccc([N+](=O)[O-])c2)ncc1Cl. The minimum atomic E-state index is -3.54. The lowest BCUT2D eigenvalue weighted by Gasteiger charge is -2.15. The smallest absolute Gasteiger partial charge is 0.271 e. The number of para-hydroxylation sites is 2. The summed E-state index contributed by atoms with van der Waals surface area (Å²) in [7, 11) is -7.02. The van der Waals surface area contributed by atoms with Gasteiger partial charge in [-0.2, -0.15) is 9.97 Å². The zero-order valence-electron chi connectivity index (χ0n) is 31.4. The number of nitro benzene ring substituents is 1. The number of nitrogen functional groups attached to an aromatic ring is 1. The maximum absolute atomic E-state index is 12.6. The number of nitrogens with zero attached hydrogens (tertiary/aromatic N) is 5. The van der Waals surface area contributed by atoms with Crippen LogP contribution in [0.3, 0.4) is 0 Å². The van der Waals surface area contributed by atoms with Crippen molar-refractivity contribution >= 4 is 101 Å². The quantitative estimate of drug-likeness (QED) is 0.0413. The Labute approximate surface area is 345 Å². The van der Waals surface area contributed by atoms with E-state index in [2.05, 4.69) is 41.2 Å². The van der Waals surface area contributed by atoms with Crippen LogP contribution in [0.2, 0.25) is 10.0 Å². The molecule has 0 radical (unpaired) electrons. The fourth-order valence-electron chi connectivity index (χ4n) is 5.00. The molecule has 16 nitrogen and oxygen atoms in total. The molecule has 4 aromatic carbocycles. The monoisotopic (exact) mass is 864 g/mol. The molecular formula is C38H38Cl2N10O6S2. The highest BCUT2D eigenvalue weighted by molar-refractivity contribution is 7.92. The van der Waals surface area contributed by atoms with Crippen molar-refractivity contribution in [3.05, 3.63) is 130 Å². The Balaban J connectivity index is 0.000000221. The molecule has 6 aromatic rings. The van der Waals surface area contributed by atoms with Crippen LogP contribution in [0, 0.1) is 10.1 Å². The molecule has 302 valence electrons. The van der Waals surface area contributed by atoms with Gasteiger partial charge < -0.3 is 27.0 Å². The third-order valence-corrected chi connectivity index (χ3v) is 13.1. The van der Waals surface area contributed by atoms with E-state index in [1.165, 1.54) is 36.7 Å². The van der Waals surface area contributed by atoms with E-state index in [4.69, 9.17) is 28.9 Å². The van der Waals surface area contributed by atoms with E-state index in [1.54, 1.807) is 94.4 Å². The van der Waals surface area contributed by atoms with Crippen LogP contribution in [0.15, 0.2) is 119 Å². The molecule has 0 amide bonds. The van der Waals surface area contributed by atoms with Gasteiger partial charge >= 0.3 is 0 Å². The maximum Gasteiger partial charge on any atom is 0.271 e. The predicted molar refractivity (Wildman–Crippen MR) is 229 cm³/mol. The van der Waals surface area contributed by atoms with Crippen LogP contribution >= 0.6 is 23.2 Å². The molecule has 0 saturated heterocycles. The van der Waals surface area contributed by atoms with E-state index < -0.39 is 35.1 Å². The van der Waals surface area contributed by atoms with Crippen molar-refractivity contribution in [1.29, 1.82) is 0 Å². The largest absolute Gasteiger partial charge is 0.399 e. The van der Waals surface area contributed by atoms with Gasteiger partial charge in [0.25, 0.3) is 5.69 Å². The molecule has 0 saturated carbocycles. The number of rotatable bonds is 13. The standard InChI is InChI=1S/C19H18ClN5O4S.C19H20ClN5O2S/c1-12(2)30(28,29)17-9-4-3-8-16(17)23-18-15(20)11-21-19(24-18)22-13-6-5-7-14(10-13)25(26)27;1-12(2)28(26,27)17-9-4-3-8-16(17)24-18-15(20)11-22-19(25-18)23-14-7-5-6-13(21)10-14/h3-12H,1-2H3,(H2,21,22,23,24);3-12H,21H2,1-2H3,(H2,22,23,24,25). The average molecular weight is 866 g/mol. The molecule has 0 atom stereocenters. The van der Waals surface area contributed by atoms with Crippen LogP contribution in [0.5, 0.6) is 0 Å². The number of hydrogen-bond acceptors (Lipinski definition) is 15. The second kappa shape index (κ2) is 18.5. The van der Waals surface area contributed by atoms with E-state index >= 15 is 0 Å². The zero-order chi connectivity index (χ0) is 42.2. The first-order valence-electron chi connectivity index (χ1n) is 17.3. The Morgan fingerprint density at radius 3 is 1.48 bits per heavy atom. The molecular weight excluding hydrogens is 828 g/mol. The molecule has 0 aliphatic carbocycles. The van der Waals surface area contributed by atoms with Gasteiger partial charge in [0, 0.05) is 29.2 Å². The van der Waals surface area contributed by atoms with Crippen molar-refractivity contribution in [3.63, 3.8) is 0 Å². The number of nitro groups is 1. The fraction of sp³-hybridized carbons (Fsp3) is 0.158. The summed E-state index contributed by atoms with van der Waals surface area (Å²) in [5.74, 6) is 0.897. The minimum Gasteiger partial charge on any atom is -0.399 e. The molecule has 6 rings (SSSR count). The highest BCUT2D eigenvalue weighted by Gasteiger charge is 2.24. The van der Waals surface area contributed by atoms with Crippen LogP contribution in [-0.4, -0.2) is 52.2 Å². The number of nitrogens with one attached hydrogen (secondary N) is 4. The van der Waals surface area contributed by atoms with E-state index in [-0.39, 0.29) is 43.1 Å². The molecule has 20 heteroatoms. The number of anilines is 9. The molecule has 0 spiro atoms. The number of hydrogen-bond donors (Lipinski definition) is 5. The van der Waals surface area contributed by atoms with E-state index in [0.717, 1.165) is 5.69 Å². The van der Waals surface area contributed by atoms with Gasteiger partial charge in [-0.1, -0.05) is 59.6 Å². The Bertz CT molecular complexity index is 2670. The summed E-state index contributed by atoms with van der Waals surface area (Å²) in [5.41, 5.74) is 8.16. The Hall–Kier alpha value is -6.08. The summed E-state index contributed by atoms with van der Waals surface area (Å²) >= 11 is 12.4. The first-order chi connectivity index (χ1) is 27.4. The number of aromatic nitrogens is 4. The lowest BCUT2D eigenvalue weighted by atomic mass is 10.3. The van der Waals surface area contributed by atoms with Gasteiger partial charge in [0.2, 0.25) is 11.9 Å². The molecule has 0 aliphatic heterocycles. The minimum absolute atomic E-state index is 0.0832. The number of halogens is 2. The van der Waals surface area contributed by atoms with Gasteiger partial charge in [-0.3, -0.25) is 10.1 Å². The Morgan fingerprint density at radius 1 is 0.621 bits per heavy atom. The topological polar surface area (TPSA) is 237 Å². The van der Waals surface area contributed by atoms with E-state index in [0.29, 0.717) is 28.7 Å². The molecule has 0 aliphatic rings. The predicted octanol–water partition coefficient (Wildman–Crippen LogP) is 9.09. The zero-order valence-corrected chi connectivity index (χ0v) is 34.5. The first-order valence-corrected chi connectivity index (χ1v) is 21.2. The van der Waals surface area contributed by atoms with Crippen LogP contribution in [0.25, 0.3) is 0 Å². The molecule has 0 bridgehead atoms. The number of non-ortho nitro benzene ring substituents is 1. The first kappa shape index (κ1) is 43.1. The van der Waals surface area contributed by atoms with Crippen molar-refractivity contribution in [2.45, 2.75) is 48.0 Å². The van der Waals surface area contributed by atoms with Gasteiger partial charge in [0.05, 0.1) is 49.0 Å². The van der Waals surface area contributed by atoms with Crippen LogP contribution in [0.4, 0.5) is 57.7 Å². The van der Waals surface area contributed by atoms with Crippen LogP contribution in [0.1, 0.15) is 27.7 Å². The van der Waals surface area contributed by atoms with E-state index in [1.807, 2.05) is 6.07 Å². The Morgan fingerprint density at radius 2 is 1.05 bits per heavy atom. The molecule has 2 heterocycles. The third kappa shape index (κ3) is 10.6. The van der Waals surface area contributed by atoms with E-state index in [9.17, 15) is 26.9 Å². The van der Waals surface area contributed by atoms with Crippen LogP contribution < -0.4 is 27.0 Å². The van der Waals surface area contributed by atoms with Gasteiger partial charge in [-0.25, -0.2) is 26.8 Å². The second-order valence-electron chi connectivity index (χ2n) is 12.9. The third-order valence-electron chi connectivity index (χ3n) is 8.08. The van der Waals surface area contributed by atoms with Crippen molar-refractivity contribution < 1.29 is 21.8 Å². The number of nitrogens with two attached hydrogens (primary N) is 1. The summed E-state index contributed by atoms with van der Waals surface area (Å²) in [5, 5.41) is 22.1. The molecule has 0 unspecified atom stereocenters. The molecule has 6 N–H and O–H groups in total. The fourth-order valence-corrected chi connectivity index (χ4v) is 7.68. The second-order valence-corrected chi connectivity index (χ2v) is 18.7. The summed E-state index contributed by atoms with van der Waals surface area (Å²) in [6, 6.07) is 26.1. The summed E-state index contributed by atoms with van der Waals surface area (Å²) < 4.78 is 50.6. The van der Waals surface area contributed by atoms with Crippen molar-refractivity contribution in [3.8, 4) is 0 Å². The normalized spacial score (nSPS) is 11.4. The summed E-state index contributed by atoms with van der Waals surface area (Å²) in [6.45, 7) is 6.48. The van der Waals surface area contributed by atoms with Crippen molar-refractivity contribution in [2.24, 2.45) is 0 Å². The summed E-state index contributed by atoms with van der Waals surface area (Å²) in [4.78, 5) is 27.6. The highest BCUT2D eigenvalue weighted by Crippen LogP contribution is 2.32. The molecule has 0 fully saturated rings. The van der Waals surface area contributed by atoms with Gasteiger partial charge in [0.1, 0.15) is 10.0 Å². The van der Waals surface area contributed by atoms with Gasteiger partial charge in [-0.05, 0) is 76.2 Å². The number of sulfone groups is 2. The maximum atomic E-state index is 12.6. The Kier molecular flexibility index (Phi) is 13.7. The lowest BCUT2D eigenvalue weighted by molar-refractivity contribution is -0.384. The lowest BCUT2D eigenvalue weighted by Crippen LogP contribution is -2.15. The summed E-state index contributed by atoms with van der Waals surface area (Å²) in [6.07, 6.45) is 2.78. The number of benzene rings is 4. The molecule has 2 aromatic heterocycles. The highest BCUT2D eigenvalue weighted by atomic mass is 35.5. The average Bonchev–Trinajstić information content (AvgIpc) is 3.18.